The first kappa shape index (κ1) is 16.3. The molecule has 0 spiro atoms. The fourth-order valence-electron chi connectivity index (χ4n) is 2.80. The first-order chi connectivity index (χ1) is 11.6. The molecule has 0 saturated heterocycles. The number of anilines is 1. The first-order valence-corrected chi connectivity index (χ1v) is 8.01. The molecule has 0 radical (unpaired) electrons. The Morgan fingerprint density at radius 3 is 3.04 bits per heavy atom. The van der Waals surface area contributed by atoms with Gasteiger partial charge in [-0.05, 0) is 48.4 Å². The fourth-order valence-corrected chi connectivity index (χ4v) is 2.80. The van der Waals surface area contributed by atoms with Crippen molar-refractivity contribution in [3.8, 4) is 5.75 Å². The maximum Gasteiger partial charge on any atom is 0.303 e. The second-order valence-corrected chi connectivity index (χ2v) is 5.99. The van der Waals surface area contributed by atoms with E-state index in [4.69, 9.17) is 9.84 Å². The number of benzene rings is 1. The van der Waals surface area contributed by atoms with Crippen LogP contribution in [0.3, 0.4) is 0 Å². The van der Waals surface area contributed by atoms with Gasteiger partial charge in [0.1, 0.15) is 5.82 Å². The maximum absolute atomic E-state index is 14.1. The Morgan fingerprint density at radius 1 is 1.46 bits per heavy atom. The minimum absolute atomic E-state index is 0.127. The predicted octanol–water partition coefficient (Wildman–Crippen LogP) is 3.01. The number of carbonyl (C=O) groups is 1. The van der Waals surface area contributed by atoms with Crippen molar-refractivity contribution in [2.45, 2.75) is 25.2 Å². The number of halogens is 1. The number of hydrogen-bond donors (Lipinski definition) is 3. The van der Waals surface area contributed by atoms with Crippen LogP contribution >= 0.6 is 0 Å². The lowest BCUT2D eigenvalue weighted by molar-refractivity contribution is -0.137. The number of hydrogen-bond acceptors (Lipinski definition) is 4. The summed E-state index contributed by atoms with van der Waals surface area (Å²) >= 11 is 0. The van der Waals surface area contributed by atoms with E-state index in [0.29, 0.717) is 13.2 Å². The summed E-state index contributed by atoms with van der Waals surface area (Å²) in [6.45, 7) is 1.10. The summed E-state index contributed by atoms with van der Waals surface area (Å²) in [6.07, 6.45) is 3.35. The third-order valence-electron chi connectivity index (χ3n) is 4.14. The van der Waals surface area contributed by atoms with Crippen molar-refractivity contribution in [1.82, 2.24) is 10.2 Å². The molecule has 7 heteroatoms. The number of H-pyrrole nitrogens is 1. The number of aromatic nitrogens is 2. The molecule has 2 unspecified atom stereocenters. The van der Waals surface area contributed by atoms with Crippen LogP contribution < -0.4 is 10.1 Å². The van der Waals surface area contributed by atoms with Crippen LogP contribution in [0.1, 0.15) is 30.7 Å². The van der Waals surface area contributed by atoms with Crippen LogP contribution in [-0.4, -0.2) is 34.4 Å². The summed E-state index contributed by atoms with van der Waals surface area (Å²) in [5.41, 5.74) is 0.854. The van der Waals surface area contributed by atoms with Gasteiger partial charge in [0.05, 0.1) is 12.8 Å². The fraction of sp³-hybridized carbons (Fsp3) is 0.412. The average molecular weight is 333 g/mol. The van der Waals surface area contributed by atoms with Crippen LogP contribution in [0, 0.1) is 11.7 Å². The Bertz CT molecular complexity index is 690. The molecule has 1 aromatic carbocycles. The molecule has 0 bridgehead atoms. The van der Waals surface area contributed by atoms with Crippen molar-refractivity contribution < 1.29 is 19.0 Å². The molecule has 1 fully saturated rings. The van der Waals surface area contributed by atoms with E-state index >= 15 is 0 Å². The van der Waals surface area contributed by atoms with E-state index in [1.165, 1.54) is 6.07 Å². The Labute approximate surface area is 139 Å². The van der Waals surface area contributed by atoms with Gasteiger partial charge in [0.2, 0.25) is 0 Å². The number of aliphatic carboxylic acids is 1. The lowest BCUT2D eigenvalue weighted by Gasteiger charge is -2.09. The number of rotatable bonds is 9. The molecular weight excluding hydrogens is 313 g/mol. The molecule has 1 heterocycles. The van der Waals surface area contributed by atoms with Gasteiger partial charge in [0.15, 0.2) is 11.6 Å². The van der Waals surface area contributed by atoms with Gasteiger partial charge < -0.3 is 15.2 Å². The van der Waals surface area contributed by atoms with Crippen molar-refractivity contribution in [2.75, 3.05) is 18.5 Å². The normalized spacial score (nSPS) is 19.0. The summed E-state index contributed by atoms with van der Waals surface area (Å²) in [4.78, 5) is 10.7. The van der Waals surface area contributed by atoms with Crippen LogP contribution in [0.25, 0.3) is 0 Å². The third-order valence-corrected chi connectivity index (χ3v) is 4.14. The largest absolute Gasteiger partial charge is 0.490 e. The Balaban J connectivity index is 1.42. The number of nitrogens with zero attached hydrogens (tertiary/aromatic N) is 1. The smallest absolute Gasteiger partial charge is 0.303 e. The van der Waals surface area contributed by atoms with Crippen molar-refractivity contribution in [1.29, 1.82) is 0 Å². The summed E-state index contributed by atoms with van der Waals surface area (Å²) in [5.74, 6) is 0.161. The monoisotopic (exact) mass is 333 g/mol. The van der Waals surface area contributed by atoms with Gasteiger partial charge in [-0.15, -0.1) is 0 Å². The summed E-state index contributed by atoms with van der Waals surface area (Å²) in [6, 6.07) is 6.75. The quantitative estimate of drug-likeness (QED) is 0.614. The third kappa shape index (κ3) is 4.24. The highest BCUT2D eigenvalue weighted by Gasteiger charge is 2.39. The topological polar surface area (TPSA) is 87.2 Å². The van der Waals surface area contributed by atoms with E-state index in [1.54, 1.807) is 12.3 Å². The van der Waals surface area contributed by atoms with Gasteiger partial charge in [0, 0.05) is 13.0 Å². The number of nitrogens with one attached hydrogen (secondary N) is 2. The van der Waals surface area contributed by atoms with E-state index < -0.39 is 11.8 Å². The molecule has 1 aromatic heterocycles. The van der Waals surface area contributed by atoms with Gasteiger partial charge in [-0.25, -0.2) is 4.39 Å². The lowest BCUT2D eigenvalue weighted by atomic mass is 10.1. The predicted molar refractivity (Wildman–Crippen MR) is 86.7 cm³/mol. The van der Waals surface area contributed by atoms with E-state index in [9.17, 15) is 9.18 Å². The van der Waals surface area contributed by atoms with Gasteiger partial charge >= 0.3 is 5.97 Å². The zero-order valence-corrected chi connectivity index (χ0v) is 13.2. The number of carboxylic acids is 1. The Hall–Kier alpha value is -2.57. The van der Waals surface area contributed by atoms with Crippen LogP contribution in [0.5, 0.6) is 5.75 Å². The van der Waals surface area contributed by atoms with Crippen LogP contribution in [0.2, 0.25) is 0 Å². The zero-order valence-electron chi connectivity index (χ0n) is 13.2. The molecule has 3 N–H and O–H groups in total. The van der Waals surface area contributed by atoms with E-state index in [1.807, 2.05) is 12.1 Å². The molecule has 0 aliphatic heterocycles. The number of ether oxygens (including phenoxy) is 1. The zero-order chi connectivity index (χ0) is 16.9. The second-order valence-electron chi connectivity index (χ2n) is 5.99. The molecule has 0 amide bonds. The molecule has 3 rings (SSSR count). The molecule has 128 valence electrons. The van der Waals surface area contributed by atoms with Crippen molar-refractivity contribution in [2.24, 2.45) is 5.92 Å². The summed E-state index contributed by atoms with van der Waals surface area (Å²) < 4.78 is 19.6. The molecule has 6 nitrogen and oxygen atoms in total. The van der Waals surface area contributed by atoms with Gasteiger partial charge in [-0.1, -0.05) is 6.07 Å². The Morgan fingerprint density at radius 2 is 2.33 bits per heavy atom. The lowest BCUT2D eigenvalue weighted by Crippen LogP contribution is -2.08. The SMILES string of the molecule is O=C(O)CC1CC1c1ccc(OCCCNc2ccn[nH]2)c(F)c1. The Kier molecular flexibility index (Phi) is 4.98. The van der Waals surface area contributed by atoms with Crippen molar-refractivity contribution in [3.05, 3.63) is 41.8 Å². The average Bonchev–Trinajstić information content (AvgIpc) is 3.09. The van der Waals surface area contributed by atoms with Gasteiger partial charge in [-0.3, -0.25) is 9.89 Å². The van der Waals surface area contributed by atoms with E-state index in [2.05, 4.69) is 15.5 Å². The molecule has 1 aliphatic carbocycles. The highest BCUT2D eigenvalue weighted by atomic mass is 19.1. The standard InChI is InChI=1S/C17H20FN3O3/c18-14-9-11(13-8-12(13)10-17(22)23)2-3-15(14)24-7-1-5-19-16-4-6-20-21-16/h2-4,6,9,12-13H,1,5,7-8,10H2,(H,22,23)(H2,19,20,21). The molecule has 1 aliphatic rings. The molecule has 24 heavy (non-hydrogen) atoms. The molecule has 2 aromatic rings. The van der Waals surface area contributed by atoms with E-state index in [0.717, 1.165) is 24.2 Å². The highest BCUT2D eigenvalue weighted by Crippen LogP contribution is 2.49. The minimum atomic E-state index is -0.799. The first-order valence-electron chi connectivity index (χ1n) is 8.01. The molecular formula is C17H20FN3O3. The van der Waals surface area contributed by atoms with Crippen LogP contribution in [0.4, 0.5) is 10.2 Å². The van der Waals surface area contributed by atoms with Crippen LogP contribution in [0.15, 0.2) is 30.5 Å². The van der Waals surface area contributed by atoms with Crippen molar-refractivity contribution >= 4 is 11.8 Å². The van der Waals surface area contributed by atoms with Gasteiger partial charge in [-0.2, -0.15) is 5.10 Å². The number of aromatic amines is 1. The molecule has 1 saturated carbocycles. The minimum Gasteiger partial charge on any atom is -0.490 e. The van der Waals surface area contributed by atoms with Crippen LogP contribution in [-0.2, 0) is 4.79 Å². The molecule has 2 atom stereocenters. The van der Waals surface area contributed by atoms with Gasteiger partial charge in [0.25, 0.3) is 0 Å². The highest BCUT2D eigenvalue weighted by molar-refractivity contribution is 5.67. The summed E-state index contributed by atoms with van der Waals surface area (Å²) in [5, 5.41) is 18.5. The van der Waals surface area contributed by atoms with E-state index in [-0.39, 0.29) is 24.0 Å². The van der Waals surface area contributed by atoms with Crippen molar-refractivity contribution in [3.63, 3.8) is 0 Å². The second kappa shape index (κ2) is 7.33. The summed E-state index contributed by atoms with van der Waals surface area (Å²) in [7, 11) is 0. The maximum atomic E-state index is 14.1. The number of carboxylic acid groups (broad SMARTS) is 1.